The van der Waals surface area contributed by atoms with Gasteiger partial charge in [0.1, 0.15) is 11.6 Å². The van der Waals surface area contributed by atoms with Gasteiger partial charge in [-0.2, -0.15) is 0 Å². The van der Waals surface area contributed by atoms with Crippen molar-refractivity contribution in [2.24, 2.45) is 0 Å². The molecule has 0 atom stereocenters. The van der Waals surface area contributed by atoms with Gasteiger partial charge in [-0.3, -0.25) is 4.79 Å². The summed E-state index contributed by atoms with van der Waals surface area (Å²) in [7, 11) is 3.41. The lowest BCUT2D eigenvalue weighted by molar-refractivity contribution is 0.0950. The molecule has 0 spiro atoms. The minimum atomic E-state index is -0.118. The molecule has 5 heteroatoms. The SMILES string of the molecule is CNc1cc(C(=O)NCc2ccc(OC)cc2)cc(C)n1. The van der Waals surface area contributed by atoms with E-state index in [0.717, 1.165) is 17.0 Å². The third-order valence-corrected chi connectivity index (χ3v) is 3.08. The number of carbonyl (C=O) groups is 1. The van der Waals surface area contributed by atoms with Crippen LogP contribution in [0, 0.1) is 6.92 Å². The number of ether oxygens (including phenoxy) is 1. The zero-order valence-electron chi connectivity index (χ0n) is 12.4. The van der Waals surface area contributed by atoms with Crippen LogP contribution in [0.25, 0.3) is 0 Å². The van der Waals surface area contributed by atoms with Crippen LogP contribution in [-0.4, -0.2) is 25.0 Å². The number of benzene rings is 1. The van der Waals surface area contributed by atoms with Gasteiger partial charge in [0.15, 0.2) is 0 Å². The number of hydrogen-bond acceptors (Lipinski definition) is 4. The maximum Gasteiger partial charge on any atom is 0.251 e. The van der Waals surface area contributed by atoms with Crippen molar-refractivity contribution >= 4 is 11.7 Å². The Morgan fingerprint density at radius 2 is 1.95 bits per heavy atom. The lowest BCUT2D eigenvalue weighted by atomic mass is 10.2. The number of rotatable bonds is 5. The van der Waals surface area contributed by atoms with Crippen molar-refractivity contribution in [3.63, 3.8) is 0 Å². The van der Waals surface area contributed by atoms with Crippen LogP contribution in [0.2, 0.25) is 0 Å². The van der Waals surface area contributed by atoms with Crippen molar-refractivity contribution in [3.8, 4) is 5.75 Å². The summed E-state index contributed by atoms with van der Waals surface area (Å²) in [6.07, 6.45) is 0. The van der Waals surface area contributed by atoms with Crippen molar-refractivity contribution in [1.29, 1.82) is 0 Å². The number of aryl methyl sites for hydroxylation is 1. The lowest BCUT2D eigenvalue weighted by Gasteiger charge is -2.08. The molecule has 0 saturated heterocycles. The molecule has 110 valence electrons. The Morgan fingerprint density at radius 3 is 2.57 bits per heavy atom. The molecule has 1 aromatic carbocycles. The number of carbonyl (C=O) groups excluding carboxylic acids is 1. The largest absolute Gasteiger partial charge is 0.497 e. The van der Waals surface area contributed by atoms with E-state index in [-0.39, 0.29) is 5.91 Å². The first-order valence-electron chi connectivity index (χ1n) is 6.70. The van der Waals surface area contributed by atoms with Crippen LogP contribution < -0.4 is 15.4 Å². The van der Waals surface area contributed by atoms with Gasteiger partial charge >= 0.3 is 0 Å². The number of aromatic nitrogens is 1. The molecule has 0 saturated carbocycles. The van der Waals surface area contributed by atoms with E-state index in [1.54, 1.807) is 26.3 Å². The summed E-state index contributed by atoms with van der Waals surface area (Å²) in [6, 6.07) is 11.1. The van der Waals surface area contributed by atoms with E-state index in [1.165, 1.54) is 0 Å². The Bertz CT molecular complexity index is 624. The standard InChI is InChI=1S/C16H19N3O2/c1-11-8-13(9-15(17-2)19-11)16(20)18-10-12-4-6-14(21-3)7-5-12/h4-9H,10H2,1-3H3,(H,17,19)(H,18,20). The molecule has 0 fully saturated rings. The van der Waals surface area contributed by atoms with Gasteiger partial charge in [-0.1, -0.05) is 12.1 Å². The van der Waals surface area contributed by atoms with E-state index < -0.39 is 0 Å². The molecular weight excluding hydrogens is 266 g/mol. The maximum absolute atomic E-state index is 12.2. The van der Waals surface area contributed by atoms with Crippen molar-refractivity contribution in [2.75, 3.05) is 19.5 Å². The molecule has 2 aromatic rings. The predicted molar refractivity (Wildman–Crippen MR) is 82.7 cm³/mol. The van der Waals surface area contributed by atoms with Gasteiger partial charge in [0.25, 0.3) is 5.91 Å². The van der Waals surface area contributed by atoms with Gasteiger partial charge in [-0.05, 0) is 36.8 Å². The normalized spacial score (nSPS) is 10.0. The Balaban J connectivity index is 2.02. The molecule has 1 heterocycles. The molecule has 0 bridgehead atoms. The second kappa shape index (κ2) is 6.74. The lowest BCUT2D eigenvalue weighted by Crippen LogP contribution is -2.23. The zero-order chi connectivity index (χ0) is 15.2. The van der Waals surface area contributed by atoms with Gasteiger partial charge in [-0.25, -0.2) is 4.98 Å². The highest BCUT2D eigenvalue weighted by Crippen LogP contribution is 2.12. The van der Waals surface area contributed by atoms with E-state index in [1.807, 2.05) is 31.2 Å². The highest BCUT2D eigenvalue weighted by Gasteiger charge is 2.08. The first-order valence-corrected chi connectivity index (χ1v) is 6.70. The van der Waals surface area contributed by atoms with Crippen molar-refractivity contribution in [2.45, 2.75) is 13.5 Å². The fourth-order valence-electron chi connectivity index (χ4n) is 1.96. The summed E-state index contributed by atoms with van der Waals surface area (Å²) in [5.74, 6) is 1.37. The molecule has 1 amide bonds. The van der Waals surface area contributed by atoms with Crippen LogP contribution in [0.15, 0.2) is 36.4 Å². The number of anilines is 1. The van der Waals surface area contributed by atoms with Crippen molar-refractivity contribution in [1.82, 2.24) is 10.3 Å². The highest BCUT2D eigenvalue weighted by molar-refractivity contribution is 5.94. The number of methoxy groups -OCH3 is 1. The topological polar surface area (TPSA) is 63.2 Å². The van der Waals surface area contributed by atoms with Crippen LogP contribution in [-0.2, 0) is 6.54 Å². The summed E-state index contributed by atoms with van der Waals surface area (Å²) >= 11 is 0. The van der Waals surface area contributed by atoms with Crippen LogP contribution in [0.4, 0.5) is 5.82 Å². The quantitative estimate of drug-likeness (QED) is 0.885. The monoisotopic (exact) mass is 285 g/mol. The molecule has 0 aliphatic carbocycles. The number of amides is 1. The maximum atomic E-state index is 12.2. The molecule has 21 heavy (non-hydrogen) atoms. The van der Waals surface area contributed by atoms with E-state index in [4.69, 9.17) is 4.74 Å². The van der Waals surface area contributed by atoms with E-state index in [0.29, 0.717) is 17.9 Å². The molecule has 5 nitrogen and oxygen atoms in total. The molecule has 2 N–H and O–H groups in total. The number of nitrogens with zero attached hydrogens (tertiary/aromatic N) is 1. The second-order valence-corrected chi connectivity index (χ2v) is 4.66. The molecule has 0 unspecified atom stereocenters. The molecular formula is C16H19N3O2. The number of hydrogen-bond donors (Lipinski definition) is 2. The van der Waals surface area contributed by atoms with Crippen molar-refractivity contribution in [3.05, 3.63) is 53.2 Å². The summed E-state index contributed by atoms with van der Waals surface area (Å²) in [5.41, 5.74) is 2.42. The van der Waals surface area contributed by atoms with E-state index in [9.17, 15) is 4.79 Å². The Labute approximate surface area is 124 Å². The van der Waals surface area contributed by atoms with Gasteiger partial charge in [0, 0.05) is 24.8 Å². The second-order valence-electron chi connectivity index (χ2n) is 4.66. The molecule has 0 aliphatic heterocycles. The Kier molecular flexibility index (Phi) is 4.77. The van der Waals surface area contributed by atoms with Gasteiger partial charge in [0.2, 0.25) is 0 Å². The Morgan fingerprint density at radius 1 is 1.24 bits per heavy atom. The molecule has 0 aliphatic rings. The summed E-state index contributed by atoms with van der Waals surface area (Å²) in [6.45, 7) is 2.33. The van der Waals surface area contributed by atoms with Crippen LogP contribution >= 0.6 is 0 Å². The van der Waals surface area contributed by atoms with Crippen LogP contribution in [0.5, 0.6) is 5.75 Å². The minimum Gasteiger partial charge on any atom is -0.497 e. The van der Waals surface area contributed by atoms with Crippen LogP contribution in [0.1, 0.15) is 21.6 Å². The van der Waals surface area contributed by atoms with Gasteiger partial charge in [-0.15, -0.1) is 0 Å². The molecule has 0 radical (unpaired) electrons. The van der Waals surface area contributed by atoms with Crippen molar-refractivity contribution < 1.29 is 9.53 Å². The third kappa shape index (κ3) is 3.95. The smallest absolute Gasteiger partial charge is 0.251 e. The van der Waals surface area contributed by atoms with E-state index in [2.05, 4.69) is 15.6 Å². The first kappa shape index (κ1) is 14.8. The van der Waals surface area contributed by atoms with Crippen LogP contribution in [0.3, 0.4) is 0 Å². The van der Waals surface area contributed by atoms with Gasteiger partial charge in [0.05, 0.1) is 7.11 Å². The summed E-state index contributed by atoms with van der Waals surface area (Å²) in [4.78, 5) is 16.4. The average Bonchev–Trinajstić information content (AvgIpc) is 2.52. The molecule has 1 aromatic heterocycles. The predicted octanol–water partition coefficient (Wildman–Crippen LogP) is 2.37. The summed E-state index contributed by atoms with van der Waals surface area (Å²) in [5, 5.41) is 5.84. The minimum absolute atomic E-state index is 0.118. The summed E-state index contributed by atoms with van der Waals surface area (Å²) < 4.78 is 5.10. The fraction of sp³-hybridized carbons (Fsp3) is 0.250. The average molecular weight is 285 g/mol. The highest BCUT2D eigenvalue weighted by atomic mass is 16.5. The fourth-order valence-corrected chi connectivity index (χ4v) is 1.96. The Hall–Kier alpha value is -2.56. The first-order chi connectivity index (χ1) is 10.1. The number of pyridine rings is 1. The zero-order valence-corrected chi connectivity index (χ0v) is 12.4. The van der Waals surface area contributed by atoms with Gasteiger partial charge < -0.3 is 15.4 Å². The van der Waals surface area contributed by atoms with E-state index >= 15 is 0 Å². The molecule has 2 rings (SSSR count). The third-order valence-electron chi connectivity index (χ3n) is 3.08. The number of nitrogens with one attached hydrogen (secondary N) is 2.